The molecule has 0 saturated carbocycles. The number of carbonyl (C=O) groups excluding carboxylic acids is 1. The van der Waals surface area contributed by atoms with Crippen LogP contribution >= 0.6 is 0 Å². The van der Waals surface area contributed by atoms with Gasteiger partial charge in [-0.25, -0.2) is 0 Å². The van der Waals surface area contributed by atoms with E-state index in [0.29, 0.717) is 0 Å². The molecular weight excluding hydrogens is 175 g/mol. The van der Waals surface area contributed by atoms with Crippen molar-refractivity contribution in [3.8, 4) is 0 Å². The number of hydrogen-bond acceptors (Lipinski definition) is 1. The van der Waals surface area contributed by atoms with Gasteiger partial charge in [-0.05, 0) is 0 Å². The van der Waals surface area contributed by atoms with Crippen molar-refractivity contribution >= 4 is 21.4 Å². The Balaban J connectivity index is 2.98. The van der Waals surface area contributed by atoms with E-state index in [1.165, 1.54) is 0 Å². The molecule has 1 rings (SSSR count). The Labute approximate surface area is 62.6 Å². The summed E-state index contributed by atoms with van der Waals surface area (Å²) in [5, 5.41) is 0. The Kier molecular flexibility index (Phi) is 2.07. The van der Waals surface area contributed by atoms with Crippen molar-refractivity contribution in [2.75, 3.05) is 0 Å². The Morgan fingerprint density at radius 1 is 1.22 bits per heavy atom. The van der Waals surface area contributed by atoms with E-state index in [1.807, 2.05) is 35.1 Å². The third-order valence-electron chi connectivity index (χ3n) is 1.02. The zero-order valence-electron chi connectivity index (χ0n) is 4.74. The molecule has 0 aliphatic rings. The van der Waals surface area contributed by atoms with Gasteiger partial charge in [0.25, 0.3) is 0 Å². The maximum atomic E-state index is 10.6. The standard InChI is InChI=1S/C7H5AsO/c8-7(9)6-4-2-1-3-5-6/h1-5H. The molecule has 0 amide bonds. The van der Waals surface area contributed by atoms with E-state index >= 15 is 0 Å². The predicted octanol–water partition coefficient (Wildman–Crippen LogP) is 0.995. The summed E-state index contributed by atoms with van der Waals surface area (Å²) in [4.78, 5) is 10.6. The van der Waals surface area contributed by atoms with Gasteiger partial charge in [0.1, 0.15) is 0 Å². The third kappa shape index (κ3) is 1.69. The summed E-state index contributed by atoms with van der Waals surface area (Å²) in [5.41, 5.74) is 0.748. The molecule has 44 valence electrons. The van der Waals surface area contributed by atoms with Gasteiger partial charge >= 0.3 is 62.1 Å². The molecular formula is C7H5AsO. The van der Waals surface area contributed by atoms with Gasteiger partial charge in [-0.15, -0.1) is 0 Å². The van der Waals surface area contributed by atoms with Gasteiger partial charge in [-0.1, -0.05) is 0 Å². The summed E-state index contributed by atoms with van der Waals surface area (Å²) in [6.07, 6.45) is 0. The van der Waals surface area contributed by atoms with Crippen LogP contribution in [0.2, 0.25) is 0 Å². The van der Waals surface area contributed by atoms with Gasteiger partial charge in [0.2, 0.25) is 0 Å². The fraction of sp³-hybridized carbons (Fsp3) is 0. The van der Waals surface area contributed by atoms with E-state index in [1.54, 1.807) is 12.1 Å². The zero-order valence-corrected chi connectivity index (χ0v) is 6.62. The van der Waals surface area contributed by atoms with Crippen LogP contribution in [0.4, 0.5) is 0 Å². The van der Waals surface area contributed by atoms with Crippen LogP contribution in [0, 0.1) is 0 Å². The second-order valence-electron chi connectivity index (χ2n) is 1.67. The topological polar surface area (TPSA) is 17.1 Å². The molecule has 0 N–H and O–H groups in total. The molecule has 0 bridgehead atoms. The van der Waals surface area contributed by atoms with Crippen molar-refractivity contribution in [1.29, 1.82) is 0 Å². The predicted molar refractivity (Wildman–Crippen MR) is 36.5 cm³/mol. The number of carbonyl (C=O) groups is 1. The number of hydrogen-bond donors (Lipinski definition) is 0. The monoisotopic (exact) mass is 180 g/mol. The number of rotatable bonds is 1. The van der Waals surface area contributed by atoms with E-state index in [4.69, 9.17) is 0 Å². The Morgan fingerprint density at radius 2 is 1.78 bits per heavy atom. The van der Waals surface area contributed by atoms with Gasteiger partial charge in [-0.3, -0.25) is 0 Å². The van der Waals surface area contributed by atoms with E-state index in [-0.39, 0.29) is 4.57 Å². The van der Waals surface area contributed by atoms with Crippen molar-refractivity contribution in [2.45, 2.75) is 0 Å². The molecule has 1 aromatic carbocycles. The van der Waals surface area contributed by atoms with Gasteiger partial charge in [0.15, 0.2) is 0 Å². The Bertz CT molecular complexity index is 205. The van der Waals surface area contributed by atoms with Crippen molar-refractivity contribution < 1.29 is 4.79 Å². The van der Waals surface area contributed by atoms with Gasteiger partial charge in [-0.2, -0.15) is 0 Å². The zero-order chi connectivity index (χ0) is 6.69. The molecule has 2 heteroatoms. The summed E-state index contributed by atoms with van der Waals surface area (Å²) in [7, 11) is 0. The summed E-state index contributed by atoms with van der Waals surface area (Å²) in [5.74, 6) is 0. The van der Waals surface area contributed by atoms with Gasteiger partial charge < -0.3 is 0 Å². The van der Waals surface area contributed by atoms with Gasteiger partial charge in [0, 0.05) is 0 Å². The maximum absolute atomic E-state index is 10.6. The van der Waals surface area contributed by atoms with E-state index in [2.05, 4.69) is 0 Å². The van der Waals surface area contributed by atoms with Crippen LogP contribution in [0.15, 0.2) is 30.3 Å². The number of benzene rings is 1. The van der Waals surface area contributed by atoms with Crippen LogP contribution in [0.5, 0.6) is 0 Å². The molecule has 0 heterocycles. The quantitative estimate of drug-likeness (QED) is 0.589. The molecule has 0 fully saturated rings. The van der Waals surface area contributed by atoms with Crippen molar-refractivity contribution in [2.24, 2.45) is 0 Å². The average molecular weight is 180 g/mol. The normalized spacial score (nSPS) is 9.00. The Morgan fingerprint density at radius 3 is 2.11 bits per heavy atom. The second-order valence-corrected chi connectivity index (χ2v) is 2.52. The summed E-state index contributed by atoms with van der Waals surface area (Å²) >= 11 is 1.99. The van der Waals surface area contributed by atoms with Crippen LogP contribution in [0.25, 0.3) is 0 Å². The van der Waals surface area contributed by atoms with Crippen LogP contribution in [0.1, 0.15) is 10.4 Å². The second kappa shape index (κ2) is 2.84. The molecule has 0 saturated heterocycles. The summed E-state index contributed by atoms with van der Waals surface area (Å²) < 4.78 is 0.0584. The van der Waals surface area contributed by atoms with E-state index < -0.39 is 0 Å². The van der Waals surface area contributed by atoms with Crippen molar-refractivity contribution in [3.05, 3.63) is 35.9 Å². The minimum absolute atomic E-state index is 0.0584. The molecule has 9 heavy (non-hydrogen) atoms. The molecule has 0 aromatic heterocycles. The fourth-order valence-electron chi connectivity index (χ4n) is 0.581. The molecule has 2 radical (unpaired) electrons. The third-order valence-corrected chi connectivity index (χ3v) is 1.56. The van der Waals surface area contributed by atoms with Crippen LogP contribution in [-0.2, 0) is 0 Å². The first kappa shape index (κ1) is 6.57. The molecule has 1 aromatic rings. The van der Waals surface area contributed by atoms with E-state index in [9.17, 15) is 4.79 Å². The molecule has 0 atom stereocenters. The molecule has 1 nitrogen and oxygen atoms in total. The van der Waals surface area contributed by atoms with Crippen molar-refractivity contribution in [1.82, 2.24) is 0 Å². The first-order valence-electron chi connectivity index (χ1n) is 2.59. The van der Waals surface area contributed by atoms with Crippen LogP contribution in [0.3, 0.4) is 0 Å². The average Bonchev–Trinajstić information content (AvgIpc) is 1.90. The summed E-state index contributed by atoms with van der Waals surface area (Å²) in [6.45, 7) is 0. The van der Waals surface area contributed by atoms with Crippen LogP contribution < -0.4 is 0 Å². The SMILES string of the molecule is O=C([As])c1ccccc1. The molecule has 0 spiro atoms. The van der Waals surface area contributed by atoms with Crippen LogP contribution in [-0.4, -0.2) is 21.4 Å². The molecule has 0 aliphatic carbocycles. The minimum atomic E-state index is 0.0584. The molecule has 0 unspecified atom stereocenters. The first-order chi connectivity index (χ1) is 4.30. The fourth-order valence-corrected chi connectivity index (χ4v) is 0.893. The van der Waals surface area contributed by atoms with E-state index in [0.717, 1.165) is 5.56 Å². The Hall–Kier alpha value is -0.552. The molecule has 0 aliphatic heterocycles. The first-order valence-corrected chi connectivity index (χ1v) is 3.53. The summed E-state index contributed by atoms with van der Waals surface area (Å²) in [6, 6.07) is 9.17. The van der Waals surface area contributed by atoms with Gasteiger partial charge in [0.05, 0.1) is 0 Å². The van der Waals surface area contributed by atoms with Crippen molar-refractivity contribution in [3.63, 3.8) is 0 Å².